The average Bonchev–Trinajstić information content (AvgIpc) is 2.99. The number of hydrogen-bond donors (Lipinski definition) is 1. The van der Waals surface area contributed by atoms with Gasteiger partial charge in [0.25, 0.3) is 11.8 Å². The fourth-order valence-electron chi connectivity index (χ4n) is 3.32. The van der Waals surface area contributed by atoms with E-state index in [2.05, 4.69) is 5.32 Å². The Kier molecular flexibility index (Phi) is 5.55. The lowest BCUT2D eigenvalue weighted by Gasteiger charge is -2.15. The van der Waals surface area contributed by atoms with Crippen molar-refractivity contribution in [3.05, 3.63) is 95.1 Å². The highest BCUT2D eigenvalue weighted by Crippen LogP contribution is 2.34. The molecule has 4 rings (SSSR count). The van der Waals surface area contributed by atoms with Crippen molar-refractivity contribution in [2.75, 3.05) is 16.8 Å². The first-order chi connectivity index (χ1) is 14.6. The zero-order valence-electron chi connectivity index (χ0n) is 16.3. The van der Waals surface area contributed by atoms with Gasteiger partial charge in [0.15, 0.2) is 0 Å². The summed E-state index contributed by atoms with van der Waals surface area (Å²) >= 11 is 6.01. The molecule has 1 aliphatic rings. The first-order valence-electron chi connectivity index (χ1n) is 9.52. The maximum absolute atomic E-state index is 13.3. The molecule has 6 heteroatoms. The van der Waals surface area contributed by atoms with Crippen LogP contribution in [0.4, 0.5) is 11.4 Å². The Balaban J connectivity index is 1.79. The van der Waals surface area contributed by atoms with E-state index in [9.17, 15) is 9.59 Å². The van der Waals surface area contributed by atoms with E-state index in [1.54, 1.807) is 54.6 Å². The van der Waals surface area contributed by atoms with E-state index in [0.29, 0.717) is 39.9 Å². The van der Waals surface area contributed by atoms with Gasteiger partial charge in [-0.1, -0.05) is 48.0 Å². The first kappa shape index (κ1) is 19.7. The van der Waals surface area contributed by atoms with Crippen molar-refractivity contribution < 1.29 is 14.3 Å². The summed E-state index contributed by atoms with van der Waals surface area (Å²) in [6.07, 6.45) is 0. The van der Waals surface area contributed by atoms with Crippen LogP contribution in [-0.4, -0.2) is 18.4 Å². The highest BCUT2D eigenvalue weighted by Gasteiger charge is 2.40. The number of rotatable bonds is 6. The maximum Gasteiger partial charge on any atom is 0.282 e. The normalized spacial score (nSPS) is 13.7. The van der Waals surface area contributed by atoms with Gasteiger partial charge in [0, 0.05) is 16.8 Å². The number of hydrogen-bond acceptors (Lipinski definition) is 4. The van der Waals surface area contributed by atoms with Gasteiger partial charge in [0.05, 0.1) is 17.9 Å². The molecule has 0 aliphatic carbocycles. The lowest BCUT2D eigenvalue weighted by Crippen LogP contribution is -2.32. The average molecular weight is 419 g/mol. The Morgan fingerprint density at radius 3 is 2.33 bits per heavy atom. The van der Waals surface area contributed by atoms with Gasteiger partial charge < -0.3 is 10.1 Å². The molecule has 0 saturated heterocycles. The number of amides is 2. The summed E-state index contributed by atoms with van der Waals surface area (Å²) in [6, 6.07) is 23.0. The van der Waals surface area contributed by atoms with Crippen LogP contribution in [0.25, 0.3) is 5.57 Å². The molecule has 0 spiro atoms. The molecule has 150 valence electrons. The first-order valence-corrected chi connectivity index (χ1v) is 9.90. The smallest absolute Gasteiger partial charge is 0.282 e. The Bertz CT molecular complexity index is 1120. The van der Waals surface area contributed by atoms with E-state index in [4.69, 9.17) is 16.3 Å². The van der Waals surface area contributed by atoms with E-state index in [1.807, 2.05) is 31.2 Å². The number of carbonyl (C=O) groups excluding carboxylic acids is 2. The number of para-hydroxylation sites is 1. The molecule has 1 aliphatic heterocycles. The minimum absolute atomic E-state index is 0.208. The number of nitrogens with one attached hydrogen (secondary N) is 1. The Hall–Kier alpha value is -3.57. The third kappa shape index (κ3) is 3.80. The van der Waals surface area contributed by atoms with Gasteiger partial charge >= 0.3 is 0 Å². The molecule has 0 radical (unpaired) electrons. The Labute approximate surface area is 179 Å². The second kappa shape index (κ2) is 8.43. The summed E-state index contributed by atoms with van der Waals surface area (Å²) in [6.45, 7) is 2.43. The summed E-state index contributed by atoms with van der Waals surface area (Å²) in [7, 11) is 0. The fraction of sp³-hybridized carbons (Fsp3) is 0.0833. The monoisotopic (exact) mass is 418 g/mol. The van der Waals surface area contributed by atoms with E-state index < -0.39 is 11.8 Å². The highest BCUT2D eigenvalue weighted by atomic mass is 35.5. The number of halogens is 1. The second-order valence-corrected chi connectivity index (χ2v) is 7.06. The largest absolute Gasteiger partial charge is 0.494 e. The summed E-state index contributed by atoms with van der Waals surface area (Å²) < 4.78 is 5.54. The molecule has 0 bridgehead atoms. The van der Waals surface area contributed by atoms with Crippen LogP contribution in [-0.2, 0) is 9.59 Å². The fourth-order valence-corrected chi connectivity index (χ4v) is 3.44. The lowest BCUT2D eigenvalue weighted by atomic mass is 10.0. The van der Waals surface area contributed by atoms with Crippen LogP contribution < -0.4 is 15.0 Å². The van der Waals surface area contributed by atoms with Crippen LogP contribution in [0, 0.1) is 0 Å². The standard InChI is InChI=1S/C24H19ClN2O3/c1-2-30-20-10-6-7-18(15-20)26-22-21(16-11-13-17(25)14-12-16)23(28)27(24(22)29)19-8-4-3-5-9-19/h3-15,26H,2H2,1H3. The number of nitrogens with zero attached hydrogens (tertiary/aromatic N) is 1. The summed E-state index contributed by atoms with van der Waals surface area (Å²) in [5.74, 6) is -0.136. The SMILES string of the molecule is CCOc1cccc(NC2=C(c3ccc(Cl)cc3)C(=O)N(c3ccccc3)C2=O)c1. The van der Waals surface area contributed by atoms with Gasteiger partial charge in [-0.2, -0.15) is 0 Å². The Morgan fingerprint density at radius 1 is 0.900 bits per heavy atom. The number of benzene rings is 3. The molecule has 0 fully saturated rings. The van der Waals surface area contributed by atoms with Crippen LogP contribution in [0.1, 0.15) is 12.5 Å². The van der Waals surface area contributed by atoms with Crippen molar-refractivity contribution in [2.24, 2.45) is 0 Å². The zero-order chi connectivity index (χ0) is 21.1. The predicted octanol–water partition coefficient (Wildman–Crippen LogP) is 5.14. The van der Waals surface area contributed by atoms with Crippen LogP contribution in [0.3, 0.4) is 0 Å². The second-order valence-electron chi connectivity index (χ2n) is 6.62. The van der Waals surface area contributed by atoms with Crippen molar-refractivity contribution >= 4 is 40.4 Å². The minimum Gasteiger partial charge on any atom is -0.494 e. The van der Waals surface area contributed by atoms with Gasteiger partial charge in [-0.3, -0.25) is 9.59 Å². The van der Waals surface area contributed by atoms with Gasteiger partial charge in [-0.15, -0.1) is 0 Å². The van der Waals surface area contributed by atoms with Crippen LogP contribution >= 0.6 is 11.6 Å². The van der Waals surface area contributed by atoms with E-state index in [0.717, 1.165) is 0 Å². The molecule has 30 heavy (non-hydrogen) atoms. The number of anilines is 2. The van der Waals surface area contributed by atoms with Gasteiger partial charge in [-0.25, -0.2) is 4.90 Å². The molecule has 0 unspecified atom stereocenters. The third-order valence-corrected chi connectivity index (χ3v) is 4.90. The van der Waals surface area contributed by atoms with Crippen molar-refractivity contribution in [2.45, 2.75) is 6.92 Å². The molecule has 3 aromatic rings. The van der Waals surface area contributed by atoms with Crippen LogP contribution in [0.15, 0.2) is 84.6 Å². The molecule has 1 N–H and O–H groups in total. The van der Waals surface area contributed by atoms with Crippen molar-refractivity contribution in [3.8, 4) is 5.75 Å². The topological polar surface area (TPSA) is 58.6 Å². The maximum atomic E-state index is 13.3. The third-order valence-electron chi connectivity index (χ3n) is 4.65. The zero-order valence-corrected chi connectivity index (χ0v) is 17.0. The van der Waals surface area contributed by atoms with E-state index >= 15 is 0 Å². The summed E-state index contributed by atoms with van der Waals surface area (Å²) in [5, 5.41) is 3.69. The molecule has 3 aromatic carbocycles. The molecule has 0 saturated carbocycles. The van der Waals surface area contributed by atoms with Crippen LogP contribution in [0.5, 0.6) is 5.75 Å². The molecule has 5 nitrogen and oxygen atoms in total. The lowest BCUT2D eigenvalue weighted by molar-refractivity contribution is -0.120. The Morgan fingerprint density at radius 2 is 1.63 bits per heavy atom. The van der Waals surface area contributed by atoms with Crippen molar-refractivity contribution in [3.63, 3.8) is 0 Å². The van der Waals surface area contributed by atoms with Gasteiger partial charge in [0.1, 0.15) is 11.4 Å². The van der Waals surface area contributed by atoms with E-state index in [1.165, 1.54) is 4.90 Å². The molecule has 0 atom stereocenters. The minimum atomic E-state index is -0.419. The van der Waals surface area contributed by atoms with Crippen molar-refractivity contribution in [1.29, 1.82) is 0 Å². The molecular formula is C24H19ClN2O3. The number of carbonyl (C=O) groups is 2. The molecule has 2 amide bonds. The molecular weight excluding hydrogens is 400 g/mol. The number of imide groups is 1. The predicted molar refractivity (Wildman–Crippen MR) is 119 cm³/mol. The highest BCUT2D eigenvalue weighted by molar-refractivity contribution is 6.46. The van der Waals surface area contributed by atoms with Gasteiger partial charge in [0.2, 0.25) is 0 Å². The summed E-state index contributed by atoms with van der Waals surface area (Å²) in [4.78, 5) is 27.8. The van der Waals surface area contributed by atoms with Crippen molar-refractivity contribution in [1.82, 2.24) is 0 Å². The summed E-state index contributed by atoms with van der Waals surface area (Å²) in [5.41, 5.74) is 2.28. The van der Waals surface area contributed by atoms with Crippen LogP contribution in [0.2, 0.25) is 5.02 Å². The number of ether oxygens (including phenoxy) is 1. The molecule has 0 aromatic heterocycles. The van der Waals surface area contributed by atoms with E-state index in [-0.39, 0.29) is 5.70 Å². The van der Waals surface area contributed by atoms with Gasteiger partial charge in [-0.05, 0) is 48.9 Å². The quantitative estimate of drug-likeness (QED) is 0.563. The molecule has 1 heterocycles.